The normalized spacial score (nSPS) is 30.6. The third kappa shape index (κ3) is 2.58. The monoisotopic (exact) mass is 372 g/mol. The van der Waals surface area contributed by atoms with Gasteiger partial charge in [0, 0.05) is 10.9 Å². The van der Waals surface area contributed by atoms with E-state index >= 15 is 0 Å². The van der Waals surface area contributed by atoms with Gasteiger partial charge in [0.25, 0.3) is 5.91 Å². The highest BCUT2D eigenvalue weighted by Gasteiger charge is 2.51. The smallest absolute Gasteiger partial charge is 0.252 e. The van der Waals surface area contributed by atoms with Crippen molar-refractivity contribution >= 4 is 16.8 Å². The minimum Gasteiger partial charge on any atom is -0.463 e. The van der Waals surface area contributed by atoms with Crippen LogP contribution in [0.3, 0.4) is 0 Å². The topological polar surface area (TPSA) is 55.1 Å². The number of nitrogens with one attached hydrogen (secondary N) is 1. The van der Waals surface area contributed by atoms with Crippen LogP contribution >= 0.6 is 0 Å². The molecule has 1 N–H and O–H groups in total. The lowest BCUT2D eigenvalue weighted by Gasteiger charge is -2.56. The standard InChI is InChI=1S/C24H24N2O2/c27-23(26-24-12-15-8-16(13-24)10-17(9-15)14-24)19-11-21(22-6-3-7-28-22)25-20-5-2-1-4-18(19)20/h1-7,11,15-17H,8-10,12-14H2,(H,26,27). The van der Waals surface area contributed by atoms with E-state index in [0.29, 0.717) is 17.0 Å². The molecular formula is C24H24N2O2. The molecule has 4 fully saturated rings. The van der Waals surface area contributed by atoms with Crippen molar-refractivity contribution in [3.8, 4) is 11.5 Å². The van der Waals surface area contributed by atoms with Crippen molar-refractivity contribution in [1.82, 2.24) is 10.3 Å². The van der Waals surface area contributed by atoms with Crippen molar-refractivity contribution in [1.29, 1.82) is 0 Å². The number of rotatable bonds is 3. The van der Waals surface area contributed by atoms with E-state index < -0.39 is 0 Å². The van der Waals surface area contributed by atoms with Gasteiger partial charge in [0.2, 0.25) is 0 Å². The molecule has 0 radical (unpaired) electrons. The summed E-state index contributed by atoms with van der Waals surface area (Å²) < 4.78 is 5.54. The third-order valence-corrected chi connectivity index (χ3v) is 7.15. The molecule has 2 heterocycles. The number of nitrogens with zero attached hydrogens (tertiary/aromatic N) is 1. The van der Waals surface area contributed by atoms with Gasteiger partial charge >= 0.3 is 0 Å². The van der Waals surface area contributed by atoms with Gasteiger partial charge in [-0.15, -0.1) is 0 Å². The predicted molar refractivity (Wildman–Crippen MR) is 108 cm³/mol. The van der Waals surface area contributed by atoms with E-state index in [1.807, 2.05) is 42.5 Å². The van der Waals surface area contributed by atoms with Gasteiger partial charge in [0.15, 0.2) is 5.76 Å². The third-order valence-electron chi connectivity index (χ3n) is 7.15. The summed E-state index contributed by atoms with van der Waals surface area (Å²) in [6, 6.07) is 13.5. The van der Waals surface area contributed by atoms with Gasteiger partial charge in [-0.1, -0.05) is 18.2 Å². The van der Waals surface area contributed by atoms with Crippen LogP contribution in [0.4, 0.5) is 0 Å². The number of hydrogen-bond acceptors (Lipinski definition) is 3. The summed E-state index contributed by atoms with van der Waals surface area (Å²) in [7, 11) is 0. The molecule has 0 saturated heterocycles. The van der Waals surface area contributed by atoms with Crippen LogP contribution in [-0.4, -0.2) is 16.4 Å². The van der Waals surface area contributed by atoms with Crippen LogP contribution < -0.4 is 5.32 Å². The van der Waals surface area contributed by atoms with Crippen molar-refractivity contribution in [2.75, 3.05) is 0 Å². The van der Waals surface area contributed by atoms with Crippen molar-refractivity contribution in [2.45, 2.75) is 44.1 Å². The second-order valence-electron chi connectivity index (χ2n) is 9.20. The van der Waals surface area contributed by atoms with E-state index in [1.165, 1.54) is 19.3 Å². The molecule has 0 atom stereocenters. The Morgan fingerprint density at radius 1 is 1.00 bits per heavy atom. The van der Waals surface area contributed by atoms with Gasteiger partial charge in [-0.25, -0.2) is 4.98 Å². The zero-order chi connectivity index (χ0) is 18.7. The quantitative estimate of drug-likeness (QED) is 0.688. The lowest BCUT2D eigenvalue weighted by Crippen LogP contribution is -2.59. The predicted octanol–water partition coefficient (Wildman–Crippen LogP) is 5.19. The van der Waals surface area contributed by atoms with Crippen molar-refractivity contribution in [2.24, 2.45) is 17.8 Å². The highest BCUT2D eigenvalue weighted by atomic mass is 16.3. The maximum atomic E-state index is 13.5. The molecule has 4 nitrogen and oxygen atoms in total. The van der Waals surface area contributed by atoms with E-state index in [2.05, 4.69) is 5.32 Å². The first-order valence-electron chi connectivity index (χ1n) is 10.4. The summed E-state index contributed by atoms with van der Waals surface area (Å²) >= 11 is 0. The summed E-state index contributed by atoms with van der Waals surface area (Å²) in [5.41, 5.74) is 2.24. The van der Waals surface area contributed by atoms with Crippen LogP contribution in [0.1, 0.15) is 48.9 Å². The Hall–Kier alpha value is -2.62. The second kappa shape index (κ2) is 5.94. The number of amides is 1. The van der Waals surface area contributed by atoms with Crippen LogP contribution in [0.2, 0.25) is 0 Å². The summed E-state index contributed by atoms with van der Waals surface area (Å²) in [4.78, 5) is 18.2. The van der Waals surface area contributed by atoms with Gasteiger partial charge in [-0.2, -0.15) is 0 Å². The fraction of sp³-hybridized carbons (Fsp3) is 0.417. The van der Waals surface area contributed by atoms with Crippen molar-refractivity contribution in [3.63, 3.8) is 0 Å². The molecule has 4 aliphatic rings. The Morgan fingerprint density at radius 2 is 1.71 bits per heavy atom. The number of carbonyl (C=O) groups is 1. The molecule has 0 aliphatic heterocycles. The molecule has 4 aliphatic carbocycles. The number of furan rings is 1. The molecule has 1 amide bonds. The Balaban J connectivity index is 1.40. The van der Waals surface area contributed by atoms with Gasteiger partial charge in [-0.3, -0.25) is 4.79 Å². The average molecular weight is 372 g/mol. The van der Waals surface area contributed by atoms with Crippen molar-refractivity contribution in [3.05, 3.63) is 54.3 Å². The fourth-order valence-corrected chi connectivity index (χ4v) is 6.49. The van der Waals surface area contributed by atoms with Crippen LogP contribution in [0, 0.1) is 17.8 Å². The lowest BCUT2D eigenvalue weighted by atomic mass is 9.53. The molecule has 2 aromatic heterocycles. The molecule has 0 spiro atoms. The first-order valence-corrected chi connectivity index (χ1v) is 10.4. The molecule has 28 heavy (non-hydrogen) atoms. The van der Waals surface area contributed by atoms with E-state index in [4.69, 9.17) is 9.40 Å². The first-order chi connectivity index (χ1) is 13.7. The maximum Gasteiger partial charge on any atom is 0.252 e. The summed E-state index contributed by atoms with van der Waals surface area (Å²) in [6.45, 7) is 0. The van der Waals surface area contributed by atoms with E-state index in [1.54, 1.807) is 6.26 Å². The number of carbonyl (C=O) groups excluding carboxylic acids is 1. The minimum absolute atomic E-state index is 0.00104. The Kier molecular flexibility index (Phi) is 3.47. The van der Waals surface area contributed by atoms with E-state index in [9.17, 15) is 4.79 Å². The van der Waals surface area contributed by atoms with Crippen LogP contribution in [0.5, 0.6) is 0 Å². The highest BCUT2D eigenvalue weighted by Crippen LogP contribution is 2.55. The largest absolute Gasteiger partial charge is 0.463 e. The molecule has 7 rings (SSSR count). The molecule has 4 saturated carbocycles. The number of benzene rings is 1. The van der Waals surface area contributed by atoms with Crippen LogP contribution in [0.15, 0.2) is 53.1 Å². The highest BCUT2D eigenvalue weighted by molar-refractivity contribution is 6.07. The lowest BCUT2D eigenvalue weighted by molar-refractivity contribution is -0.0166. The molecule has 3 aromatic rings. The second-order valence-corrected chi connectivity index (χ2v) is 9.20. The summed E-state index contributed by atoms with van der Waals surface area (Å²) in [5.74, 6) is 3.14. The Labute approximate surface area is 164 Å². The summed E-state index contributed by atoms with van der Waals surface area (Å²) in [5, 5.41) is 4.41. The van der Waals surface area contributed by atoms with Crippen LogP contribution in [0.25, 0.3) is 22.4 Å². The van der Waals surface area contributed by atoms with Gasteiger partial charge < -0.3 is 9.73 Å². The fourth-order valence-electron chi connectivity index (χ4n) is 6.49. The number of pyridine rings is 1. The number of hydrogen-bond donors (Lipinski definition) is 1. The number of para-hydroxylation sites is 1. The molecule has 1 aromatic carbocycles. The first kappa shape index (κ1) is 16.3. The van der Waals surface area contributed by atoms with Gasteiger partial charge in [0.05, 0.1) is 17.3 Å². The number of aromatic nitrogens is 1. The molecule has 4 heteroatoms. The summed E-state index contributed by atoms with van der Waals surface area (Å²) in [6.07, 6.45) is 9.21. The van der Waals surface area contributed by atoms with Crippen LogP contribution in [-0.2, 0) is 0 Å². The Morgan fingerprint density at radius 3 is 2.39 bits per heavy atom. The van der Waals surface area contributed by atoms with E-state index in [0.717, 1.165) is 47.9 Å². The average Bonchev–Trinajstić information content (AvgIpc) is 3.20. The Bertz CT molecular complexity index is 1020. The van der Waals surface area contributed by atoms with E-state index in [-0.39, 0.29) is 11.4 Å². The van der Waals surface area contributed by atoms with Gasteiger partial charge in [-0.05, 0) is 80.5 Å². The molecule has 4 bridgehead atoms. The molecule has 142 valence electrons. The SMILES string of the molecule is O=C(NC12CC3CC(CC(C3)C1)C2)c1cc(-c2ccco2)nc2ccccc12. The van der Waals surface area contributed by atoms with Crippen molar-refractivity contribution < 1.29 is 9.21 Å². The number of fused-ring (bicyclic) bond motifs is 1. The zero-order valence-corrected chi connectivity index (χ0v) is 15.9. The minimum atomic E-state index is 0.00104. The maximum absolute atomic E-state index is 13.5. The zero-order valence-electron chi connectivity index (χ0n) is 15.9. The molecule has 0 unspecified atom stereocenters. The molecular weight excluding hydrogens is 348 g/mol. The van der Waals surface area contributed by atoms with Gasteiger partial charge in [0.1, 0.15) is 5.69 Å².